The number of pyridine rings is 1. The molecule has 1 aromatic heterocycles. The van der Waals surface area contributed by atoms with Crippen LogP contribution in [0.2, 0.25) is 0 Å². The van der Waals surface area contributed by atoms with Crippen LogP contribution in [0.4, 0.5) is 4.39 Å². The second kappa shape index (κ2) is 12.2. The standard InChI is InChI=1S/C26H32FN2O4P/c1-2-3-6-18-33-24-14-12-21(13-15-24)26(25-11-4-5-16-28-25,22-9-7-10-23(27)20-22)29-17-8-19-34(30,31)32/h4-5,7,9-16,20,29H,2-3,6,8,17-19H2,1H3,(H2,30,31,32). The highest BCUT2D eigenvalue weighted by atomic mass is 31.2. The van der Waals surface area contributed by atoms with E-state index in [1.807, 2.05) is 42.5 Å². The predicted octanol–water partition coefficient (Wildman–Crippen LogP) is 5.24. The summed E-state index contributed by atoms with van der Waals surface area (Å²) in [6, 6.07) is 19.4. The minimum absolute atomic E-state index is 0.243. The van der Waals surface area contributed by atoms with Gasteiger partial charge in [-0.3, -0.25) is 14.9 Å². The summed E-state index contributed by atoms with van der Waals surface area (Å²) in [5.74, 6) is 0.362. The van der Waals surface area contributed by atoms with Gasteiger partial charge in [-0.2, -0.15) is 0 Å². The Bertz CT molecular complexity index is 1080. The van der Waals surface area contributed by atoms with E-state index in [2.05, 4.69) is 17.2 Å². The van der Waals surface area contributed by atoms with Gasteiger partial charge in [-0.05, 0) is 66.9 Å². The number of benzene rings is 2. The van der Waals surface area contributed by atoms with Crippen LogP contribution in [0.3, 0.4) is 0 Å². The maximum Gasteiger partial charge on any atom is 0.325 e. The molecule has 1 heterocycles. The molecule has 2 aromatic carbocycles. The Kier molecular flexibility index (Phi) is 9.36. The third kappa shape index (κ3) is 6.97. The summed E-state index contributed by atoms with van der Waals surface area (Å²) < 4.78 is 31.6. The van der Waals surface area contributed by atoms with Crippen LogP contribution in [0.25, 0.3) is 0 Å². The average molecular weight is 487 g/mol. The first kappa shape index (κ1) is 26.0. The molecule has 0 saturated heterocycles. The number of unbranched alkanes of at least 4 members (excludes halogenated alkanes) is 2. The quantitative estimate of drug-likeness (QED) is 0.226. The fourth-order valence-electron chi connectivity index (χ4n) is 3.97. The van der Waals surface area contributed by atoms with Crippen molar-refractivity contribution in [2.24, 2.45) is 0 Å². The van der Waals surface area contributed by atoms with Gasteiger partial charge in [0, 0.05) is 6.20 Å². The molecule has 0 spiro atoms. The second-order valence-electron chi connectivity index (χ2n) is 8.22. The van der Waals surface area contributed by atoms with E-state index >= 15 is 0 Å². The smallest absolute Gasteiger partial charge is 0.325 e. The highest BCUT2D eigenvalue weighted by molar-refractivity contribution is 7.51. The van der Waals surface area contributed by atoms with E-state index in [1.165, 1.54) is 12.1 Å². The van der Waals surface area contributed by atoms with Crippen LogP contribution in [-0.2, 0) is 10.1 Å². The first-order chi connectivity index (χ1) is 16.3. The minimum Gasteiger partial charge on any atom is -0.494 e. The largest absolute Gasteiger partial charge is 0.494 e. The third-order valence-electron chi connectivity index (χ3n) is 5.63. The van der Waals surface area contributed by atoms with Gasteiger partial charge in [0.05, 0.1) is 18.5 Å². The maximum atomic E-state index is 14.4. The van der Waals surface area contributed by atoms with Gasteiger partial charge < -0.3 is 14.5 Å². The zero-order valence-electron chi connectivity index (χ0n) is 19.4. The van der Waals surface area contributed by atoms with Gasteiger partial charge >= 0.3 is 7.60 Å². The third-order valence-corrected chi connectivity index (χ3v) is 6.53. The van der Waals surface area contributed by atoms with Gasteiger partial charge in [-0.25, -0.2) is 4.39 Å². The summed E-state index contributed by atoms with van der Waals surface area (Å²) in [6.07, 6.45) is 4.89. The van der Waals surface area contributed by atoms with E-state index in [1.54, 1.807) is 18.3 Å². The predicted molar refractivity (Wildman–Crippen MR) is 132 cm³/mol. The molecule has 0 radical (unpaired) electrons. The van der Waals surface area contributed by atoms with E-state index in [0.29, 0.717) is 17.9 Å². The molecule has 34 heavy (non-hydrogen) atoms. The highest BCUT2D eigenvalue weighted by Gasteiger charge is 2.37. The van der Waals surface area contributed by atoms with Crippen LogP contribution in [0.5, 0.6) is 5.75 Å². The van der Waals surface area contributed by atoms with Crippen molar-refractivity contribution >= 4 is 7.60 Å². The van der Waals surface area contributed by atoms with Crippen molar-refractivity contribution in [3.8, 4) is 5.75 Å². The van der Waals surface area contributed by atoms with E-state index in [-0.39, 0.29) is 24.9 Å². The number of halogens is 1. The number of hydrogen-bond donors (Lipinski definition) is 3. The SMILES string of the molecule is CCCCCOc1ccc(C(NCCCP(=O)(O)O)(c2cccc(F)c2)c2ccccn2)cc1. The molecular formula is C26H32FN2O4P. The fourth-order valence-corrected chi connectivity index (χ4v) is 4.54. The summed E-state index contributed by atoms with van der Waals surface area (Å²) in [7, 11) is -4.13. The Morgan fingerprint density at radius 3 is 2.44 bits per heavy atom. The van der Waals surface area contributed by atoms with Gasteiger partial charge in [-0.15, -0.1) is 0 Å². The topological polar surface area (TPSA) is 91.7 Å². The lowest BCUT2D eigenvalue weighted by Gasteiger charge is -2.36. The van der Waals surface area contributed by atoms with E-state index in [4.69, 9.17) is 4.74 Å². The van der Waals surface area contributed by atoms with Crippen molar-refractivity contribution < 1.29 is 23.5 Å². The van der Waals surface area contributed by atoms with Gasteiger partial charge in [0.1, 0.15) is 17.1 Å². The fraction of sp³-hybridized carbons (Fsp3) is 0.346. The lowest BCUT2D eigenvalue weighted by atomic mass is 9.79. The zero-order chi connectivity index (χ0) is 24.4. The molecule has 0 bridgehead atoms. The van der Waals surface area contributed by atoms with Crippen LogP contribution >= 0.6 is 7.60 Å². The number of ether oxygens (including phenoxy) is 1. The summed E-state index contributed by atoms with van der Waals surface area (Å²) >= 11 is 0. The molecule has 1 unspecified atom stereocenters. The molecule has 1 atom stereocenters. The summed E-state index contributed by atoms with van der Waals surface area (Å²) in [5, 5.41) is 3.45. The summed E-state index contributed by atoms with van der Waals surface area (Å²) in [6.45, 7) is 3.07. The van der Waals surface area contributed by atoms with Gasteiger partial charge in [-0.1, -0.05) is 50.1 Å². The van der Waals surface area contributed by atoms with Gasteiger partial charge in [0.2, 0.25) is 0 Å². The molecule has 0 aliphatic heterocycles. The number of rotatable bonds is 13. The lowest BCUT2D eigenvalue weighted by Crippen LogP contribution is -2.46. The Labute approximate surface area is 200 Å². The number of hydrogen-bond acceptors (Lipinski definition) is 4. The molecule has 8 heteroatoms. The molecule has 0 saturated carbocycles. The molecular weight excluding hydrogens is 454 g/mol. The number of aromatic nitrogens is 1. The van der Waals surface area contributed by atoms with Crippen molar-refractivity contribution in [3.05, 3.63) is 95.6 Å². The molecule has 182 valence electrons. The monoisotopic (exact) mass is 486 g/mol. The Hall–Kier alpha value is -2.57. The zero-order valence-corrected chi connectivity index (χ0v) is 20.3. The molecule has 3 N–H and O–H groups in total. The molecule has 0 amide bonds. The van der Waals surface area contributed by atoms with E-state index < -0.39 is 13.1 Å². The van der Waals surface area contributed by atoms with Crippen LogP contribution in [0, 0.1) is 5.82 Å². The van der Waals surface area contributed by atoms with Gasteiger partial charge in [0.25, 0.3) is 0 Å². The Balaban J connectivity index is 2.01. The van der Waals surface area contributed by atoms with Crippen molar-refractivity contribution in [2.75, 3.05) is 19.3 Å². The molecule has 3 aromatic rings. The van der Waals surface area contributed by atoms with Crippen molar-refractivity contribution in [3.63, 3.8) is 0 Å². The van der Waals surface area contributed by atoms with E-state index in [9.17, 15) is 18.7 Å². The summed E-state index contributed by atoms with van der Waals surface area (Å²) in [5.41, 5.74) is 1.07. The molecule has 3 rings (SSSR count). The molecule has 0 fully saturated rings. The average Bonchev–Trinajstić information content (AvgIpc) is 2.83. The normalized spacial score (nSPS) is 13.4. The van der Waals surface area contributed by atoms with Gasteiger partial charge in [0.15, 0.2) is 0 Å². The first-order valence-electron chi connectivity index (χ1n) is 11.6. The van der Waals surface area contributed by atoms with Crippen LogP contribution in [0.15, 0.2) is 72.9 Å². The molecule has 0 aliphatic carbocycles. The maximum absolute atomic E-state index is 14.4. The van der Waals surface area contributed by atoms with Crippen molar-refractivity contribution in [1.82, 2.24) is 10.3 Å². The van der Waals surface area contributed by atoms with Crippen molar-refractivity contribution in [2.45, 2.75) is 38.1 Å². The molecule has 0 aliphatic rings. The number of nitrogens with one attached hydrogen (secondary N) is 1. The Morgan fingerprint density at radius 1 is 1.00 bits per heavy atom. The lowest BCUT2D eigenvalue weighted by molar-refractivity contribution is 0.306. The van der Waals surface area contributed by atoms with E-state index in [0.717, 1.165) is 30.6 Å². The Morgan fingerprint density at radius 2 is 1.79 bits per heavy atom. The van der Waals surface area contributed by atoms with Crippen LogP contribution in [0.1, 0.15) is 49.4 Å². The highest BCUT2D eigenvalue weighted by Crippen LogP contribution is 2.38. The van der Waals surface area contributed by atoms with Crippen molar-refractivity contribution in [1.29, 1.82) is 0 Å². The first-order valence-corrected chi connectivity index (χ1v) is 13.4. The summed E-state index contributed by atoms with van der Waals surface area (Å²) in [4.78, 5) is 23.1. The van der Waals surface area contributed by atoms with Crippen LogP contribution < -0.4 is 10.1 Å². The van der Waals surface area contributed by atoms with Crippen LogP contribution in [-0.4, -0.2) is 34.1 Å². The second-order valence-corrected chi connectivity index (χ2v) is 10.0. The molecule has 6 nitrogen and oxygen atoms in total. The minimum atomic E-state index is -4.13. The number of nitrogens with zero attached hydrogens (tertiary/aromatic N) is 1.